The fraction of sp³-hybridized carbons (Fsp3) is 0.243. The summed E-state index contributed by atoms with van der Waals surface area (Å²) in [5, 5.41) is 11.5. The van der Waals surface area contributed by atoms with Crippen LogP contribution in [0.2, 0.25) is 0 Å². The first-order valence-electron chi connectivity index (χ1n) is 14.8. The van der Waals surface area contributed by atoms with Crippen LogP contribution in [0.4, 0.5) is 0 Å². The van der Waals surface area contributed by atoms with Gasteiger partial charge in [0, 0.05) is 18.7 Å². The smallest absolute Gasteiger partial charge is 0.295 e. The molecule has 4 aromatic carbocycles. The van der Waals surface area contributed by atoms with Crippen molar-refractivity contribution >= 4 is 17.4 Å². The Hall–Kier alpha value is -5.08. The summed E-state index contributed by atoms with van der Waals surface area (Å²) < 4.78 is 17.7. The van der Waals surface area contributed by atoms with Crippen molar-refractivity contribution < 1.29 is 28.9 Å². The summed E-state index contributed by atoms with van der Waals surface area (Å²) >= 11 is 0. The zero-order valence-electron chi connectivity index (χ0n) is 26.0. The van der Waals surface area contributed by atoms with E-state index in [0.29, 0.717) is 54.7 Å². The number of benzene rings is 4. The van der Waals surface area contributed by atoms with Gasteiger partial charge in [0.15, 0.2) is 11.5 Å². The van der Waals surface area contributed by atoms with E-state index in [-0.39, 0.29) is 11.3 Å². The maximum atomic E-state index is 13.5. The Morgan fingerprint density at radius 3 is 2.24 bits per heavy atom. The summed E-state index contributed by atoms with van der Waals surface area (Å²) in [6.07, 6.45) is 0. The number of nitrogens with zero attached hydrogens (tertiary/aromatic N) is 2. The molecule has 1 amide bonds. The number of amides is 1. The Kier molecular flexibility index (Phi) is 9.85. The molecule has 8 heteroatoms. The minimum Gasteiger partial charge on any atom is -0.507 e. The molecule has 1 unspecified atom stereocenters. The standard InChI is InChI=1S/C37H38N2O6/c1-25-10-8-9-13-29(25)24-44-30-17-14-27(15-18-30)35(40)33-34(39(21-20-38(2)3)37(42)36(33)41)28-16-19-31(32(22-28)43-4)45-23-26-11-6-5-7-12-26/h5-19,22,34,40H,20-21,23-24H2,1-4H3/b35-33+. The highest BCUT2D eigenvalue weighted by atomic mass is 16.5. The van der Waals surface area contributed by atoms with E-state index in [1.165, 1.54) is 4.90 Å². The number of likely N-dealkylation sites (N-methyl/N-ethyl adjacent to an activating group) is 1. The minimum absolute atomic E-state index is 0.0207. The van der Waals surface area contributed by atoms with E-state index in [9.17, 15) is 14.7 Å². The van der Waals surface area contributed by atoms with Crippen molar-refractivity contribution in [2.24, 2.45) is 0 Å². The number of carbonyl (C=O) groups is 2. The van der Waals surface area contributed by atoms with Crippen LogP contribution in [0.5, 0.6) is 17.2 Å². The zero-order chi connectivity index (χ0) is 31.9. The molecule has 1 N–H and O–H groups in total. The lowest BCUT2D eigenvalue weighted by atomic mass is 9.95. The third kappa shape index (κ3) is 7.19. The van der Waals surface area contributed by atoms with Crippen LogP contribution in [0, 0.1) is 6.92 Å². The zero-order valence-corrected chi connectivity index (χ0v) is 26.0. The number of hydrogen-bond donors (Lipinski definition) is 1. The first-order chi connectivity index (χ1) is 21.8. The van der Waals surface area contributed by atoms with Gasteiger partial charge in [-0.3, -0.25) is 9.59 Å². The van der Waals surface area contributed by atoms with Crippen molar-refractivity contribution in [2.75, 3.05) is 34.3 Å². The Balaban J connectivity index is 1.46. The average Bonchev–Trinajstić information content (AvgIpc) is 3.31. The molecule has 1 aliphatic heterocycles. The number of ether oxygens (including phenoxy) is 3. The lowest BCUT2D eigenvalue weighted by Crippen LogP contribution is -2.35. The maximum absolute atomic E-state index is 13.5. The van der Waals surface area contributed by atoms with Gasteiger partial charge in [0.05, 0.1) is 18.7 Å². The quantitative estimate of drug-likeness (QED) is 0.118. The second kappa shape index (κ2) is 14.1. The molecule has 1 aliphatic rings. The van der Waals surface area contributed by atoms with Crippen LogP contribution in [0.25, 0.3) is 5.76 Å². The van der Waals surface area contributed by atoms with E-state index < -0.39 is 17.7 Å². The number of aliphatic hydroxyl groups is 1. The van der Waals surface area contributed by atoms with Gasteiger partial charge < -0.3 is 29.1 Å². The van der Waals surface area contributed by atoms with Gasteiger partial charge in [-0.15, -0.1) is 0 Å². The monoisotopic (exact) mass is 606 g/mol. The summed E-state index contributed by atoms with van der Waals surface area (Å²) in [4.78, 5) is 30.3. The van der Waals surface area contributed by atoms with Crippen LogP contribution >= 0.6 is 0 Å². The van der Waals surface area contributed by atoms with Gasteiger partial charge in [0.1, 0.15) is 24.7 Å². The highest BCUT2D eigenvalue weighted by Crippen LogP contribution is 2.42. The summed E-state index contributed by atoms with van der Waals surface area (Å²) in [7, 11) is 5.34. The summed E-state index contributed by atoms with van der Waals surface area (Å²) in [6.45, 7) is 3.61. The van der Waals surface area contributed by atoms with Crippen LogP contribution in [-0.4, -0.2) is 60.9 Å². The molecule has 8 nitrogen and oxygen atoms in total. The predicted molar refractivity (Wildman–Crippen MR) is 173 cm³/mol. The molecule has 0 radical (unpaired) electrons. The highest BCUT2D eigenvalue weighted by molar-refractivity contribution is 6.46. The summed E-state index contributed by atoms with van der Waals surface area (Å²) in [5.74, 6) is -0.0500. The van der Waals surface area contributed by atoms with Crippen LogP contribution < -0.4 is 14.2 Å². The SMILES string of the molecule is COc1cc(C2/C(=C(\O)c3ccc(OCc4ccccc4C)cc3)C(=O)C(=O)N2CCN(C)C)ccc1OCc1ccccc1. The number of methoxy groups -OCH3 is 1. The van der Waals surface area contributed by atoms with Crippen molar-refractivity contribution in [3.05, 3.63) is 130 Å². The second-order valence-corrected chi connectivity index (χ2v) is 11.2. The molecule has 4 aromatic rings. The van der Waals surface area contributed by atoms with Gasteiger partial charge in [-0.05, 0) is 79.7 Å². The molecule has 0 saturated carbocycles. The molecule has 1 heterocycles. The average molecular weight is 607 g/mol. The Labute approximate surface area is 264 Å². The van der Waals surface area contributed by atoms with Crippen molar-refractivity contribution in [1.29, 1.82) is 0 Å². The van der Waals surface area contributed by atoms with Crippen molar-refractivity contribution in [2.45, 2.75) is 26.2 Å². The number of carbonyl (C=O) groups excluding carboxylic acids is 2. The van der Waals surface area contributed by atoms with E-state index in [1.54, 1.807) is 49.6 Å². The van der Waals surface area contributed by atoms with Crippen LogP contribution in [0.15, 0.2) is 103 Å². The molecule has 1 atom stereocenters. The highest BCUT2D eigenvalue weighted by Gasteiger charge is 2.46. The third-order valence-corrected chi connectivity index (χ3v) is 7.85. The van der Waals surface area contributed by atoms with Crippen molar-refractivity contribution in [1.82, 2.24) is 9.80 Å². The Morgan fingerprint density at radius 1 is 0.844 bits per heavy atom. The maximum Gasteiger partial charge on any atom is 0.295 e. The predicted octanol–water partition coefficient (Wildman–Crippen LogP) is 6.14. The van der Waals surface area contributed by atoms with Crippen molar-refractivity contribution in [3.63, 3.8) is 0 Å². The third-order valence-electron chi connectivity index (χ3n) is 7.85. The number of hydrogen-bond acceptors (Lipinski definition) is 7. The summed E-state index contributed by atoms with van der Waals surface area (Å²) in [6, 6.07) is 29.2. The van der Waals surface area contributed by atoms with Gasteiger partial charge in [-0.25, -0.2) is 0 Å². The van der Waals surface area contributed by atoms with Gasteiger partial charge in [0.25, 0.3) is 11.7 Å². The Morgan fingerprint density at radius 2 is 1.56 bits per heavy atom. The molecule has 0 aromatic heterocycles. The van der Waals surface area contributed by atoms with Crippen LogP contribution in [-0.2, 0) is 22.8 Å². The lowest BCUT2D eigenvalue weighted by Gasteiger charge is -2.27. The second-order valence-electron chi connectivity index (χ2n) is 11.2. The molecule has 0 spiro atoms. The van der Waals surface area contributed by atoms with Crippen molar-refractivity contribution in [3.8, 4) is 17.2 Å². The normalized spacial score (nSPS) is 15.8. The van der Waals surface area contributed by atoms with E-state index in [0.717, 1.165) is 16.7 Å². The molecule has 0 bridgehead atoms. The lowest BCUT2D eigenvalue weighted by molar-refractivity contribution is -0.140. The van der Waals surface area contributed by atoms with E-state index in [4.69, 9.17) is 14.2 Å². The largest absolute Gasteiger partial charge is 0.507 e. The molecular weight excluding hydrogens is 568 g/mol. The van der Waals surface area contributed by atoms with E-state index in [1.807, 2.05) is 80.5 Å². The number of aryl methyl sites for hydroxylation is 1. The minimum atomic E-state index is -0.820. The molecule has 5 rings (SSSR count). The van der Waals surface area contributed by atoms with Crippen LogP contribution in [0.3, 0.4) is 0 Å². The molecule has 1 fully saturated rings. The van der Waals surface area contributed by atoms with Gasteiger partial charge in [-0.2, -0.15) is 0 Å². The van der Waals surface area contributed by atoms with E-state index in [2.05, 4.69) is 0 Å². The number of rotatable bonds is 12. The molecule has 1 saturated heterocycles. The first-order valence-corrected chi connectivity index (χ1v) is 14.8. The van der Waals surface area contributed by atoms with Gasteiger partial charge in [-0.1, -0.05) is 60.7 Å². The molecule has 45 heavy (non-hydrogen) atoms. The van der Waals surface area contributed by atoms with E-state index >= 15 is 0 Å². The topological polar surface area (TPSA) is 88.5 Å². The Bertz CT molecular complexity index is 1680. The first kappa shape index (κ1) is 31.3. The number of likely N-dealkylation sites (tertiary alicyclic amines) is 1. The van der Waals surface area contributed by atoms with Gasteiger partial charge in [0.2, 0.25) is 0 Å². The molecule has 232 valence electrons. The van der Waals surface area contributed by atoms with Gasteiger partial charge >= 0.3 is 0 Å². The fourth-order valence-corrected chi connectivity index (χ4v) is 5.27. The number of Topliss-reactive ketones (excluding diaryl/α,β-unsaturated/α-hetero) is 1. The number of ketones is 1. The number of aliphatic hydroxyl groups excluding tert-OH is 1. The van der Waals surface area contributed by atoms with Crippen LogP contribution in [0.1, 0.15) is 33.9 Å². The molecule has 0 aliphatic carbocycles. The fourth-order valence-electron chi connectivity index (χ4n) is 5.27. The summed E-state index contributed by atoms with van der Waals surface area (Å²) in [5.41, 5.74) is 4.27. The molecular formula is C37H38N2O6.